The highest BCUT2D eigenvalue weighted by atomic mass is 35.5. The summed E-state index contributed by atoms with van der Waals surface area (Å²) in [4.78, 5) is 13.5. The third-order valence-corrected chi connectivity index (χ3v) is 4.02. The SMILES string of the molecule is CC1=CC(C)(C)N(C(C)C)c2cc(Cl)c(C(=O)O)cc21. The monoisotopic (exact) mass is 293 g/mol. The van der Waals surface area contributed by atoms with Crippen LogP contribution in [0.4, 0.5) is 5.69 Å². The van der Waals surface area contributed by atoms with Crippen molar-refractivity contribution in [3.63, 3.8) is 0 Å². The van der Waals surface area contributed by atoms with Crippen LogP contribution in [0.5, 0.6) is 0 Å². The molecule has 0 spiro atoms. The maximum Gasteiger partial charge on any atom is 0.337 e. The first-order chi connectivity index (χ1) is 9.15. The molecule has 1 aromatic carbocycles. The van der Waals surface area contributed by atoms with Crippen molar-refractivity contribution in [1.82, 2.24) is 0 Å². The van der Waals surface area contributed by atoms with Crippen LogP contribution in [0.1, 0.15) is 50.5 Å². The van der Waals surface area contributed by atoms with Gasteiger partial charge in [-0.05, 0) is 52.3 Å². The van der Waals surface area contributed by atoms with Crippen molar-refractivity contribution in [2.75, 3.05) is 4.90 Å². The zero-order valence-corrected chi connectivity index (χ0v) is 13.2. The molecule has 0 aliphatic carbocycles. The molecular formula is C16H20ClNO2. The summed E-state index contributed by atoms with van der Waals surface area (Å²) in [5, 5.41) is 9.50. The van der Waals surface area contributed by atoms with Crippen LogP contribution in [0.15, 0.2) is 18.2 Å². The zero-order chi connectivity index (χ0) is 15.2. The number of allylic oxidation sites excluding steroid dienone is 1. The van der Waals surface area contributed by atoms with Crippen molar-refractivity contribution in [2.24, 2.45) is 0 Å². The third kappa shape index (κ3) is 2.31. The summed E-state index contributed by atoms with van der Waals surface area (Å²) in [6, 6.07) is 3.74. The van der Waals surface area contributed by atoms with Crippen molar-refractivity contribution in [2.45, 2.75) is 46.2 Å². The van der Waals surface area contributed by atoms with Gasteiger partial charge in [-0.1, -0.05) is 17.7 Å². The Balaban J connectivity index is 2.73. The fraction of sp³-hybridized carbons (Fsp3) is 0.438. The number of carboxylic acids is 1. The minimum atomic E-state index is -0.994. The van der Waals surface area contributed by atoms with Crippen LogP contribution in [-0.2, 0) is 0 Å². The molecule has 108 valence electrons. The van der Waals surface area contributed by atoms with E-state index >= 15 is 0 Å². The lowest BCUT2D eigenvalue weighted by atomic mass is 9.87. The number of carboxylic acid groups (broad SMARTS) is 1. The molecule has 1 N–H and O–H groups in total. The molecule has 1 heterocycles. The van der Waals surface area contributed by atoms with E-state index in [2.05, 4.69) is 38.7 Å². The second kappa shape index (κ2) is 4.81. The van der Waals surface area contributed by atoms with E-state index in [4.69, 9.17) is 11.6 Å². The van der Waals surface area contributed by atoms with E-state index in [1.807, 2.05) is 6.92 Å². The van der Waals surface area contributed by atoms with Gasteiger partial charge in [0.15, 0.2) is 0 Å². The van der Waals surface area contributed by atoms with E-state index in [0.717, 1.165) is 16.8 Å². The second-order valence-corrected chi connectivity index (χ2v) is 6.51. The molecule has 1 aromatic rings. The van der Waals surface area contributed by atoms with E-state index < -0.39 is 5.97 Å². The average molecular weight is 294 g/mol. The van der Waals surface area contributed by atoms with Gasteiger partial charge in [0.25, 0.3) is 0 Å². The standard InChI is InChI=1S/C16H20ClNO2/c1-9(2)18-14-7-13(17)12(15(19)20)6-11(14)10(3)8-16(18,4)5/h6-9H,1-5H3,(H,19,20). The number of carbonyl (C=O) groups is 1. The van der Waals surface area contributed by atoms with Crippen LogP contribution in [0.25, 0.3) is 5.57 Å². The number of anilines is 1. The smallest absolute Gasteiger partial charge is 0.337 e. The van der Waals surface area contributed by atoms with Crippen molar-refractivity contribution in [3.8, 4) is 0 Å². The maximum atomic E-state index is 11.2. The van der Waals surface area contributed by atoms with Crippen molar-refractivity contribution in [3.05, 3.63) is 34.4 Å². The Morgan fingerprint density at radius 2 is 1.95 bits per heavy atom. The molecule has 0 saturated carbocycles. The Kier molecular flexibility index (Phi) is 3.59. The normalized spacial score (nSPS) is 16.9. The molecule has 0 aromatic heterocycles. The summed E-state index contributed by atoms with van der Waals surface area (Å²) in [6.07, 6.45) is 2.18. The van der Waals surface area contributed by atoms with E-state index in [-0.39, 0.29) is 16.1 Å². The number of hydrogen-bond donors (Lipinski definition) is 1. The van der Waals surface area contributed by atoms with Crippen molar-refractivity contribution in [1.29, 1.82) is 0 Å². The highest BCUT2D eigenvalue weighted by Gasteiger charge is 2.33. The Labute approximate surface area is 124 Å². The van der Waals surface area contributed by atoms with Gasteiger partial charge >= 0.3 is 5.97 Å². The molecule has 4 heteroatoms. The molecule has 3 nitrogen and oxygen atoms in total. The van der Waals surface area contributed by atoms with Crippen LogP contribution in [-0.4, -0.2) is 22.7 Å². The molecular weight excluding hydrogens is 274 g/mol. The second-order valence-electron chi connectivity index (χ2n) is 6.10. The summed E-state index contributed by atoms with van der Waals surface area (Å²) in [7, 11) is 0. The molecule has 0 radical (unpaired) electrons. The molecule has 0 amide bonds. The van der Waals surface area contributed by atoms with Gasteiger partial charge in [-0.25, -0.2) is 4.79 Å². The molecule has 0 bridgehead atoms. The van der Waals surface area contributed by atoms with Gasteiger partial charge in [0.1, 0.15) is 0 Å². The number of hydrogen-bond acceptors (Lipinski definition) is 2. The highest BCUT2D eigenvalue weighted by molar-refractivity contribution is 6.34. The minimum Gasteiger partial charge on any atom is -0.478 e. The molecule has 2 rings (SSSR count). The predicted octanol–water partition coefficient (Wildman–Crippen LogP) is 4.45. The maximum absolute atomic E-state index is 11.2. The van der Waals surface area contributed by atoms with Gasteiger partial charge < -0.3 is 10.0 Å². The zero-order valence-electron chi connectivity index (χ0n) is 12.5. The summed E-state index contributed by atoms with van der Waals surface area (Å²) < 4.78 is 0. The number of benzene rings is 1. The summed E-state index contributed by atoms with van der Waals surface area (Å²) in [6.45, 7) is 10.6. The third-order valence-electron chi connectivity index (χ3n) is 3.71. The van der Waals surface area contributed by atoms with E-state index in [1.54, 1.807) is 12.1 Å². The summed E-state index contributed by atoms with van der Waals surface area (Å²) in [5.41, 5.74) is 3.06. The van der Waals surface area contributed by atoms with Gasteiger partial charge in [-0.3, -0.25) is 0 Å². The first-order valence-electron chi connectivity index (χ1n) is 6.71. The summed E-state index contributed by atoms with van der Waals surface area (Å²) >= 11 is 6.14. The quantitative estimate of drug-likeness (QED) is 0.876. The molecule has 1 aliphatic rings. The van der Waals surface area contributed by atoms with Crippen LogP contribution in [0.2, 0.25) is 5.02 Å². The van der Waals surface area contributed by atoms with Gasteiger partial charge in [-0.2, -0.15) is 0 Å². The number of halogens is 1. The lowest BCUT2D eigenvalue weighted by Crippen LogP contribution is -2.49. The molecule has 20 heavy (non-hydrogen) atoms. The predicted molar refractivity (Wildman–Crippen MR) is 83.8 cm³/mol. The molecule has 0 unspecified atom stereocenters. The number of rotatable bonds is 2. The van der Waals surface area contributed by atoms with Crippen molar-refractivity contribution < 1.29 is 9.90 Å². The van der Waals surface area contributed by atoms with E-state index in [9.17, 15) is 9.90 Å². The lowest BCUT2D eigenvalue weighted by Gasteiger charge is -2.46. The lowest BCUT2D eigenvalue weighted by molar-refractivity contribution is 0.0697. The fourth-order valence-corrected chi connectivity index (χ4v) is 3.41. The number of aromatic carboxylic acids is 1. The van der Waals surface area contributed by atoms with E-state index in [1.165, 1.54) is 0 Å². The number of fused-ring (bicyclic) bond motifs is 1. The average Bonchev–Trinajstić information content (AvgIpc) is 2.25. The number of nitrogens with zero attached hydrogens (tertiary/aromatic N) is 1. The Morgan fingerprint density at radius 1 is 1.35 bits per heavy atom. The van der Waals surface area contributed by atoms with Crippen LogP contribution in [0, 0.1) is 0 Å². The van der Waals surface area contributed by atoms with Gasteiger partial charge in [0.05, 0.1) is 16.1 Å². The van der Waals surface area contributed by atoms with Gasteiger partial charge in [0.2, 0.25) is 0 Å². The van der Waals surface area contributed by atoms with Gasteiger partial charge in [-0.15, -0.1) is 0 Å². The highest BCUT2D eigenvalue weighted by Crippen LogP contribution is 2.42. The minimum absolute atomic E-state index is 0.126. The van der Waals surface area contributed by atoms with Crippen LogP contribution >= 0.6 is 11.6 Å². The first kappa shape index (κ1) is 14.9. The molecule has 0 fully saturated rings. The fourth-order valence-electron chi connectivity index (χ4n) is 3.17. The van der Waals surface area contributed by atoms with Crippen molar-refractivity contribution >= 4 is 28.8 Å². The van der Waals surface area contributed by atoms with Crippen LogP contribution < -0.4 is 4.90 Å². The summed E-state index contributed by atoms with van der Waals surface area (Å²) in [5.74, 6) is -0.994. The topological polar surface area (TPSA) is 40.5 Å². The largest absolute Gasteiger partial charge is 0.478 e. The van der Waals surface area contributed by atoms with Crippen LogP contribution in [0.3, 0.4) is 0 Å². The van der Waals surface area contributed by atoms with Gasteiger partial charge in [0, 0.05) is 17.3 Å². The first-order valence-corrected chi connectivity index (χ1v) is 7.09. The molecule has 0 saturated heterocycles. The van der Waals surface area contributed by atoms with E-state index in [0.29, 0.717) is 6.04 Å². The Bertz CT molecular complexity index is 603. The Morgan fingerprint density at radius 3 is 2.45 bits per heavy atom. The molecule has 0 atom stereocenters. The molecule has 1 aliphatic heterocycles. The Hall–Kier alpha value is -1.48.